The van der Waals surface area contributed by atoms with Crippen molar-refractivity contribution in [2.24, 2.45) is 11.8 Å². The molecule has 0 aliphatic carbocycles. The highest BCUT2D eigenvalue weighted by molar-refractivity contribution is 5.78. The van der Waals surface area contributed by atoms with Gasteiger partial charge in [-0.25, -0.2) is 4.79 Å². The molecule has 0 spiro atoms. The van der Waals surface area contributed by atoms with Crippen LogP contribution in [0.15, 0.2) is 24.3 Å². The van der Waals surface area contributed by atoms with Crippen LogP contribution in [0.3, 0.4) is 0 Å². The van der Waals surface area contributed by atoms with Crippen LogP contribution in [0.25, 0.3) is 0 Å². The number of anilines is 1. The van der Waals surface area contributed by atoms with Gasteiger partial charge < -0.3 is 24.8 Å². The summed E-state index contributed by atoms with van der Waals surface area (Å²) < 4.78 is 5.52. The van der Waals surface area contributed by atoms with Crippen molar-refractivity contribution < 1.29 is 14.3 Å². The van der Waals surface area contributed by atoms with E-state index in [9.17, 15) is 9.59 Å². The van der Waals surface area contributed by atoms with E-state index >= 15 is 0 Å². The molecule has 3 fully saturated rings. The quantitative estimate of drug-likeness (QED) is 0.675. The lowest BCUT2D eigenvalue weighted by atomic mass is 10.0. The molecule has 0 unspecified atom stereocenters. The minimum Gasteiger partial charge on any atom is -0.494 e. The van der Waals surface area contributed by atoms with Crippen molar-refractivity contribution in [1.29, 1.82) is 0 Å². The molecule has 3 heterocycles. The van der Waals surface area contributed by atoms with E-state index in [1.807, 2.05) is 42.7 Å². The molecule has 0 bridgehead atoms. The number of likely N-dealkylation sites (tertiary alicyclic amines) is 2. The predicted octanol–water partition coefficient (Wildman–Crippen LogP) is 3.20. The number of carbonyl (C=O) groups is 2. The Kier molecular flexibility index (Phi) is 8.43. The number of carbonyl (C=O) groups excluding carboxylic acids is 2. The molecule has 3 saturated heterocycles. The Balaban J connectivity index is 0.00000132. The molecule has 1 N–H and O–H groups in total. The molecule has 3 aliphatic rings. The van der Waals surface area contributed by atoms with Gasteiger partial charge in [0.15, 0.2) is 0 Å². The van der Waals surface area contributed by atoms with Gasteiger partial charge in [-0.05, 0) is 44.0 Å². The second-order valence-corrected chi connectivity index (χ2v) is 8.33. The normalized spacial score (nSPS) is 22.3. The van der Waals surface area contributed by atoms with Crippen molar-refractivity contribution in [2.75, 3.05) is 57.3 Å². The van der Waals surface area contributed by atoms with Crippen LogP contribution in [0.5, 0.6) is 5.75 Å². The lowest BCUT2D eigenvalue weighted by Crippen LogP contribution is -2.41. The van der Waals surface area contributed by atoms with E-state index in [0.29, 0.717) is 31.4 Å². The molecule has 0 saturated carbocycles. The third kappa shape index (κ3) is 5.83. The Morgan fingerprint density at radius 2 is 1.77 bits per heavy atom. The number of nitrogens with one attached hydrogen (secondary N) is 1. The number of ether oxygens (including phenoxy) is 1. The highest BCUT2D eigenvalue weighted by Crippen LogP contribution is 2.34. The minimum absolute atomic E-state index is 0.0414. The Hall–Kier alpha value is -2.44. The fraction of sp³-hybridized carbons (Fsp3) is 0.667. The summed E-state index contributed by atoms with van der Waals surface area (Å²) in [4.78, 5) is 30.4. The first-order valence-electron chi connectivity index (χ1n) is 11.9. The van der Waals surface area contributed by atoms with Crippen LogP contribution in [-0.4, -0.2) is 74.2 Å². The standard InChI is InChI=1S/C22H32N4O3.C2H6/c1-2-29-20-8-6-19(7-9-20)25-13-17-15-26(16-18(17)14-25)22(28)23-10-4-12-24-11-3-5-21(24)27;1-2/h6-9,17-18H,2-5,10-16H2,1H3,(H,23,28);1-2H3/t17-,18+;. The van der Waals surface area contributed by atoms with Crippen molar-refractivity contribution in [3.8, 4) is 5.75 Å². The van der Waals surface area contributed by atoms with Gasteiger partial charge in [-0.15, -0.1) is 0 Å². The second kappa shape index (κ2) is 11.3. The Bertz CT molecular complexity index is 710. The van der Waals surface area contributed by atoms with Gasteiger partial charge in [-0.2, -0.15) is 0 Å². The summed E-state index contributed by atoms with van der Waals surface area (Å²) in [7, 11) is 0. The summed E-state index contributed by atoms with van der Waals surface area (Å²) in [6, 6.07) is 8.35. The number of amides is 3. The van der Waals surface area contributed by atoms with Crippen molar-refractivity contribution in [3.63, 3.8) is 0 Å². The summed E-state index contributed by atoms with van der Waals surface area (Å²) in [5.41, 5.74) is 1.23. The van der Waals surface area contributed by atoms with E-state index in [-0.39, 0.29) is 11.9 Å². The predicted molar refractivity (Wildman–Crippen MR) is 124 cm³/mol. The Morgan fingerprint density at radius 3 is 2.35 bits per heavy atom. The van der Waals surface area contributed by atoms with Crippen LogP contribution in [-0.2, 0) is 4.79 Å². The number of fused-ring (bicyclic) bond motifs is 1. The SMILES string of the molecule is CC.CCOc1ccc(N2C[C@H]3CN(C(=O)NCCCN4CCCC4=O)C[C@H]3C2)cc1. The third-order valence-electron chi connectivity index (χ3n) is 6.34. The lowest BCUT2D eigenvalue weighted by Gasteiger charge is -2.24. The van der Waals surface area contributed by atoms with Gasteiger partial charge in [-0.1, -0.05) is 13.8 Å². The van der Waals surface area contributed by atoms with Gasteiger partial charge in [0.05, 0.1) is 6.61 Å². The molecule has 0 radical (unpaired) electrons. The largest absolute Gasteiger partial charge is 0.494 e. The first-order valence-corrected chi connectivity index (χ1v) is 11.9. The van der Waals surface area contributed by atoms with Gasteiger partial charge >= 0.3 is 6.03 Å². The summed E-state index contributed by atoms with van der Waals surface area (Å²) in [6.07, 6.45) is 2.47. The molecule has 31 heavy (non-hydrogen) atoms. The molecule has 4 rings (SSSR count). The van der Waals surface area contributed by atoms with Gasteiger partial charge in [0.25, 0.3) is 0 Å². The fourth-order valence-electron chi connectivity index (χ4n) is 4.81. The average molecular weight is 431 g/mol. The van der Waals surface area contributed by atoms with E-state index in [0.717, 1.165) is 57.9 Å². The first-order chi connectivity index (χ1) is 15.1. The van der Waals surface area contributed by atoms with Gasteiger partial charge in [0, 0.05) is 69.8 Å². The Labute approximate surface area is 186 Å². The van der Waals surface area contributed by atoms with Crippen LogP contribution in [0, 0.1) is 11.8 Å². The van der Waals surface area contributed by atoms with E-state index in [1.165, 1.54) is 5.69 Å². The fourth-order valence-corrected chi connectivity index (χ4v) is 4.81. The number of hydrogen-bond acceptors (Lipinski definition) is 4. The number of rotatable bonds is 7. The molecular weight excluding hydrogens is 392 g/mol. The molecule has 2 atom stereocenters. The molecule has 0 aromatic heterocycles. The second-order valence-electron chi connectivity index (χ2n) is 8.33. The van der Waals surface area contributed by atoms with E-state index in [2.05, 4.69) is 22.3 Å². The average Bonchev–Trinajstić information content (AvgIpc) is 3.48. The van der Waals surface area contributed by atoms with Crippen molar-refractivity contribution in [2.45, 2.75) is 40.0 Å². The number of benzene rings is 1. The summed E-state index contributed by atoms with van der Waals surface area (Å²) in [5, 5.41) is 3.04. The highest BCUT2D eigenvalue weighted by Gasteiger charge is 2.41. The molecule has 1 aromatic carbocycles. The number of urea groups is 1. The highest BCUT2D eigenvalue weighted by atomic mass is 16.5. The molecular formula is C24H38N4O3. The first kappa shape index (κ1) is 23.2. The molecule has 3 amide bonds. The van der Waals surface area contributed by atoms with Crippen LogP contribution in [0.4, 0.5) is 10.5 Å². The van der Waals surface area contributed by atoms with Crippen LogP contribution < -0.4 is 15.0 Å². The van der Waals surface area contributed by atoms with Crippen molar-refractivity contribution in [1.82, 2.24) is 15.1 Å². The van der Waals surface area contributed by atoms with Gasteiger partial charge in [-0.3, -0.25) is 4.79 Å². The van der Waals surface area contributed by atoms with Crippen LogP contribution in [0.1, 0.15) is 40.0 Å². The molecule has 1 aromatic rings. The van der Waals surface area contributed by atoms with Crippen LogP contribution in [0.2, 0.25) is 0 Å². The minimum atomic E-state index is 0.0414. The van der Waals surface area contributed by atoms with Crippen molar-refractivity contribution in [3.05, 3.63) is 24.3 Å². The third-order valence-corrected chi connectivity index (χ3v) is 6.34. The summed E-state index contributed by atoms with van der Waals surface area (Å²) >= 11 is 0. The van der Waals surface area contributed by atoms with Crippen LogP contribution >= 0.6 is 0 Å². The molecule has 7 nitrogen and oxygen atoms in total. The maximum absolute atomic E-state index is 12.5. The van der Waals surface area contributed by atoms with Gasteiger partial charge in [0.1, 0.15) is 5.75 Å². The topological polar surface area (TPSA) is 65.1 Å². The monoisotopic (exact) mass is 430 g/mol. The van der Waals surface area contributed by atoms with E-state index < -0.39 is 0 Å². The van der Waals surface area contributed by atoms with Crippen molar-refractivity contribution >= 4 is 17.6 Å². The zero-order valence-corrected chi connectivity index (χ0v) is 19.3. The zero-order chi connectivity index (χ0) is 22.2. The molecule has 7 heteroatoms. The number of nitrogens with zero attached hydrogens (tertiary/aromatic N) is 3. The zero-order valence-electron chi connectivity index (χ0n) is 19.3. The molecule has 3 aliphatic heterocycles. The number of hydrogen-bond donors (Lipinski definition) is 1. The van der Waals surface area contributed by atoms with Gasteiger partial charge in [0.2, 0.25) is 5.91 Å². The van der Waals surface area contributed by atoms with E-state index in [4.69, 9.17) is 4.74 Å². The Morgan fingerprint density at radius 1 is 1.10 bits per heavy atom. The molecule has 172 valence electrons. The smallest absolute Gasteiger partial charge is 0.317 e. The van der Waals surface area contributed by atoms with E-state index in [1.54, 1.807) is 0 Å². The summed E-state index contributed by atoms with van der Waals surface area (Å²) in [5.74, 6) is 2.23. The maximum atomic E-state index is 12.5. The lowest BCUT2D eigenvalue weighted by molar-refractivity contribution is -0.127. The summed E-state index contributed by atoms with van der Waals surface area (Å²) in [6.45, 7) is 12.6. The maximum Gasteiger partial charge on any atom is 0.317 e.